The summed E-state index contributed by atoms with van der Waals surface area (Å²) in [7, 11) is 0. The third kappa shape index (κ3) is 2.85. The van der Waals surface area contributed by atoms with E-state index in [1.54, 1.807) is 6.07 Å². The lowest BCUT2D eigenvalue weighted by molar-refractivity contribution is 0.0966. The zero-order chi connectivity index (χ0) is 21.0. The number of anilines is 3. The predicted octanol–water partition coefficient (Wildman–Crippen LogP) is 3.51. The van der Waals surface area contributed by atoms with Crippen LogP contribution in [0.15, 0.2) is 30.3 Å². The molecule has 0 saturated carbocycles. The molecule has 2 aromatic heterocycles. The molecule has 0 aliphatic carbocycles. The highest BCUT2D eigenvalue weighted by atomic mass is 19.1. The van der Waals surface area contributed by atoms with Crippen LogP contribution in [0.3, 0.4) is 0 Å². The number of amides is 1. The fourth-order valence-corrected chi connectivity index (χ4v) is 3.77. The molecule has 4 heterocycles. The van der Waals surface area contributed by atoms with Crippen molar-refractivity contribution >= 4 is 23.4 Å². The van der Waals surface area contributed by atoms with Crippen LogP contribution in [-0.4, -0.2) is 27.4 Å². The van der Waals surface area contributed by atoms with Crippen molar-refractivity contribution < 1.29 is 13.6 Å². The van der Waals surface area contributed by atoms with Crippen LogP contribution in [0.25, 0.3) is 11.4 Å². The lowest BCUT2D eigenvalue weighted by atomic mass is 9.88. The molecule has 0 radical (unpaired) electrons. The molecule has 9 heteroatoms. The Hall–Kier alpha value is -3.62. The predicted molar refractivity (Wildman–Crippen MR) is 108 cm³/mol. The SMILES string of the molecule is CC1(C)CNc2nc(Nc3nc(-c4c(F)cccc4F)nc4c3C(=O)NC4)ccc21. The van der Waals surface area contributed by atoms with Crippen molar-refractivity contribution in [2.45, 2.75) is 25.8 Å². The highest BCUT2D eigenvalue weighted by Crippen LogP contribution is 2.36. The number of aromatic nitrogens is 3. The standard InChI is InChI=1S/C21H18F2N6O/c1-21(2)9-25-17-10(21)6-7-14(27-17)28-19-16-13(8-24-20(16)30)26-18(29-19)15-11(22)4-3-5-12(15)23/h3-7H,8-9H2,1-2H3,(H,24,30)(H2,25,26,27,28,29). The second-order valence-corrected chi connectivity index (χ2v) is 7.95. The molecule has 2 aliphatic rings. The maximum atomic E-state index is 14.3. The summed E-state index contributed by atoms with van der Waals surface area (Å²) in [5.41, 5.74) is 1.33. The van der Waals surface area contributed by atoms with E-state index in [1.165, 1.54) is 6.07 Å². The summed E-state index contributed by atoms with van der Waals surface area (Å²) in [6.45, 7) is 5.16. The first-order chi connectivity index (χ1) is 14.3. The van der Waals surface area contributed by atoms with Crippen LogP contribution in [0.5, 0.6) is 0 Å². The number of carbonyl (C=O) groups excluding carboxylic acids is 1. The van der Waals surface area contributed by atoms with Gasteiger partial charge in [0.1, 0.15) is 34.7 Å². The van der Waals surface area contributed by atoms with Gasteiger partial charge in [0, 0.05) is 17.5 Å². The Morgan fingerprint density at radius 1 is 1.00 bits per heavy atom. The number of nitrogens with one attached hydrogen (secondary N) is 3. The summed E-state index contributed by atoms with van der Waals surface area (Å²) in [5, 5.41) is 8.97. The first-order valence-electron chi connectivity index (χ1n) is 9.49. The van der Waals surface area contributed by atoms with Gasteiger partial charge < -0.3 is 16.0 Å². The molecule has 0 unspecified atom stereocenters. The first-order valence-corrected chi connectivity index (χ1v) is 9.49. The lowest BCUT2D eigenvalue weighted by Crippen LogP contribution is -2.18. The molecule has 1 amide bonds. The Balaban J connectivity index is 1.60. The molecule has 7 nitrogen and oxygen atoms in total. The molecule has 0 fully saturated rings. The van der Waals surface area contributed by atoms with Crippen molar-refractivity contribution in [1.29, 1.82) is 0 Å². The van der Waals surface area contributed by atoms with E-state index in [-0.39, 0.29) is 40.6 Å². The normalized spacial score (nSPS) is 15.9. The van der Waals surface area contributed by atoms with Gasteiger partial charge >= 0.3 is 0 Å². The van der Waals surface area contributed by atoms with E-state index in [4.69, 9.17) is 0 Å². The minimum Gasteiger partial charge on any atom is -0.369 e. The molecule has 0 spiro atoms. The van der Waals surface area contributed by atoms with E-state index >= 15 is 0 Å². The smallest absolute Gasteiger partial charge is 0.257 e. The highest BCUT2D eigenvalue weighted by molar-refractivity contribution is 6.03. The second kappa shape index (κ2) is 6.45. The molecular formula is C21H18F2N6O. The zero-order valence-electron chi connectivity index (χ0n) is 16.3. The Morgan fingerprint density at radius 2 is 1.77 bits per heavy atom. The minimum absolute atomic E-state index is 0.0353. The van der Waals surface area contributed by atoms with E-state index in [1.807, 2.05) is 6.07 Å². The van der Waals surface area contributed by atoms with Crippen LogP contribution in [0.1, 0.15) is 35.5 Å². The van der Waals surface area contributed by atoms with Crippen LogP contribution in [0.2, 0.25) is 0 Å². The Morgan fingerprint density at radius 3 is 2.53 bits per heavy atom. The average Bonchev–Trinajstić information content (AvgIpc) is 3.21. The number of pyridine rings is 1. The summed E-state index contributed by atoms with van der Waals surface area (Å²) < 4.78 is 28.6. The van der Waals surface area contributed by atoms with Crippen molar-refractivity contribution in [3.63, 3.8) is 0 Å². The number of nitrogens with zero attached hydrogens (tertiary/aromatic N) is 3. The molecule has 152 valence electrons. The molecule has 0 atom stereocenters. The van der Waals surface area contributed by atoms with E-state index < -0.39 is 11.6 Å². The summed E-state index contributed by atoms with van der Waals surface area (Å²) in [5.74, 6) is -0.685. The fourth-order valence-electron chi connectivity index (χ4n) is 3.77. The summed E-state index contributed by atoms with van der Waals surface area (Å²) >= 11 is 0. The van der Waals surface area contributed by atoms with E-state index in [2.05, 4.69) is 44.7 Å². The van der Waals surface area contributed by atoms with Gasteiger partial charge in [-0.15, -0.1) is 0 Å². The van der Waals surface area contributed by atoms with Gasteiger partial charge in [-0.25, -0.2) is 23.7 Å². The minimum atomic E-state index is -0.778. The van der Waals surface area contributed by atoms with E-state index in [0.29, 0.717) is 11.5 Å². The van der Waals surface area contributed by atoms with Crippen molar-refractivity contribution in [2.24, 2.45) is 0 Å². The molecule has 5 rings (SSSR count). The fraction of sp³-hybridized carbons (Fsp3) is 0.238. The molecule has 0 saturated heterocycles. The van der Waals surface area contributed by atoms with Gasteiger partial charge in [0.05, 0.1) is 17.8 Å². The second-order valence-electron chi connectivity index (χ2n) is 7.95. The van der Waals surface area contributed by atoms with Crippen LogP contribution in [0.4, 0.5) is 26.2 Å². The van der Waals surface area contributed by atoms with Crippen molar-refractivity contribution in [3.8, 4) is 11.4 Å². The average molecular weight is 408 g/mol. The van der Waals surface area contributed by atoms with Gasteiger partial charge in [-0.1, -0.05) is 26.0 Å². The quantitative estimate of drug-likeness (QED) is 0.614. The molecule has 0 bridgehead atoms. The number of carbonyl (C=O) groups is 1. The first kappa shape index (κ1) is 18.4. The van der Waals surface area contributed by atoms with Crippen LogP contribution in [-0.2, 0) is 12.0 Å². The summed E-state index contributed by atoms with van der Waals surface area (Å²) in [6.07, 6.45) is 0. The van der Waals surface area contributed by atoms with Gasteiger partial charge in [-0.3, -0.25) is 4.79 Å². The molecule has 30 heavy (non-hydrogen) atoms. The van der Waals surface area contributed by atoms with E-state index in [9.17, 15) is 13.6 Å². The molecule has 3 N–H and O–H groups in total. The molecule has 1 aromatic carbocycles. The molecular weight excluding hydrogens is 390 g/mol. The van der Waals surface area contributed by atoms with E-state index in [0.717, 1.165) is 30.1 Å². The lowest BCUT2D eigenvalue weighted by Gasteiger charge is -2.16. The Kier molecular flexibility index (Phi) is 3.96. The van der Waals surface area contributed by atoms with Crippen LogP contribution < -0.4 is 16.0 Å². The van der Waals surface area contributed by atoms with Gasteiger partial charge in [-0.2, -0.15) is 0 Å². The third-order valence-corrected chi connectivity index (χ3v) is 5.38. The molecule has 2 aliphatic heterocycles. The number of fused-ring (bicyclic) bond motifs is 2. The zero-order valence-corrected chi connectivity index (χ0v) is 16.3. The number of benzene rings is 1. The van der Waals surface area contributed by atoms with Crippen molar-refractivity contribution in [2.75, 3.05) is 17.2 Å². The van der Waals surface area contributed by atoms with Crippen molar-refractivity contribution in [3.05, 3.63) is 58.8 Å². The number of halogens is 2. The largest absolute Gasteiger partial charge is 0.369 e. The third-order valence-electron chi connectivity index (χ3n) is 5.38. The highest BCUT2D eigenvalue weighted by Gasteiger charge is 2.32. The van der Waals surface area contributed by atoms with Crippen LogP contribution in [0, 0.1) is 11.6 Å². The maximum Gasteiger partial charge on any atom is 0.257 e. The summed E-state index contributed by atoms with van der Waals surface area (Å²) in [6, 6.07) is 7.30. The van der Waals surface area contributed by atoms with Gasteiger partial charge in [-0.05, 0) is 18.2 Å². The molecule has 3 aromatic rings. The van der Waals surface area contributed by atoms with Gasteiger partial charge in [0.25, 0.3) is 5.91 Å². The van der Waals surface area contributed by atoms with Gasteiger partial charge in [0.2, 0.25) is 0 Å². The van der Waals surface area contributed by atoms with Gasteiger partial charge in [0.15, 0.2) is 5.82 Å². The number of hydrogen-bond acceptors (Lipinski definition) is 6. The summed E-state index contributed by atoms with van der Waals surface area (Å²) in [4.78, 5) is 25.4. The maximum absolute atomic E-state index is 14.3. The monoisotopic (exact) mass is 408 g/mol. The topological polar surface area (TPSA) is 91.8 Å². The number of rotatable bonds is 3. The number of hydrogen-bond donors (Lipinski definition) is 3. The van der Waals surface area contributed by atoms with Crippen molar-refractivity contribution in [1.82, 2.24) is 20.3 Å². The van der Waals surface area contributed by atoms with Crippen LogP contribution >= 0.6 is 0 Å². The Bertz CT molecular complexity index is 1190. The Labute approximate surface area is 171 Å².